The third-order valence-electron chi connectivity index (χ3n) is 3.84. The highest BCUT2D eigenvalue weighted by Gasteiger charge is 2.16. The number of aromatic nitrogens is 1. The van der Waals surface area contributed by atoms with E-state index in [-0.39, 0.29) is 0 Å². The Morgan fingerprint density at radius 2 is 1.85 bits per heavy atom. The maximum Gasteiger partial charge on any atom is 0.331 e. The summed E-state index contributed by atoms with van der Waals surface area (Å²) < 4.78 is 5.16. The van der Waals surface area contributed by atoms with Crippen molar-refractivity contribution in [2.75, 3.05) is 5.32 Å². The van der Waals surface area contributed by atoms with Crippen molar-refractivity contribution in [1.82, 2.24) is 4.98 Å². The van der Waals surface area contributed by atoms with Crippen LogP contribution in [0.15, 0.2) is 66.9 Å². The maximum atomic E-state index is 12.1. The number of ether oxygens (including phenoxy) is 1. The van der Waals surface area contributed by atoms with Gasteiger partial charge in [-0.2, -0.15) is 0 Å². The molecule has 1 unspecified atom stereocenters. The SMILES string of the molecule is CC(OC(=O)/C=C/c1cccc2cccnc12)C(=O)Nc1ccc(Cl)cc1. The van der Waals surface area contributed by atoms with Crippen LogP contribution in [0.5, 0.6) is 0 Å². The van der Waals surface area contributed by atoms with E-state index in [9.17, 15) is 9.59 Å². The van der Waals surface area contributed by atoms with E-state index in [1.54, 1.807) is 36.5 Å². The van der Waals surface area contributed by atoms with Gasteiger partial charge in [-0.1, -0.05) is 35.9 Å². The van der Waals surface area contributed by atoms with Gasteiger partial charge in [0.25, 0.3) is 5.91 Å². The number of pyridine rings is 1. The number of amides is 1. The normalized spacial score (nSPS) is 12.1. The number of hydrogen-bond donors (Lipinski definition) is 1. The third kappa shape index (κ3) is 4.92. The molecule has 1 heterocycles. The Hall–Kier alpha value is -3.18. The first-order valence-electron chi connectivity index (χ1n) is 8.32. The fourth-order valence-corrected chi connectivity index (χ4v) is 2.59. The molecule has 0 saturated heterocycles. The zero-order valence-electron chi connectivity index (χ0n) is 14.6. The highest BCUT2D eigenvalue weighted by molar-refractivity contribution is 6.30. The molecule has 1 amide bonds. The zero-order chi connectivity index (χ0) is 19.2. The molecule has 0 bridgehead atoms. The largest absolute Gasteiger partial charge is 0.449 e. The van der Waals surface area contributed by atoms with Crippen LogP contribution in [0.25, 0.3) is 17.0 Å². The number of nitrogens with one attached hydrogen (secondary N) is 1. The summed E-state index contributed by atoms with van der Waals surface area (Å²) in [6.07, 6.45) is 3.67. The smallest absolute Gasteiger partial charge is 0.331 e. The minimum Gasteiger partial charge on any atom is -0.449 e. The number of hydrogen-bond acceptors (Lipinski definition) is 4. The molecular formula is C21H17ClN2O3. The molecule has 0 aliphatic rings. The van der Waals surface area contributed by atoms with Crippen molar-refractivity contribution in [3.63, 3.8) is 0 Å². The predicted octanol–water partition coefficient (Wildman–Crippen LogP) is 4.47. The first-order valence-corrected chi connectivity index (χ1v) is 8.69. The van der Waals surface area contributed by atoms with Gasteiger partial charge in [-0.25, -0.2) is 4.79 Å². The standard InChI is InChI=1S/C21H17ClN2O3/c1-14(21(26)24-18-10-8-17(22)9-11-18)27-19(25)12-7-16-5-2-4-15-6-3-13-23-20(15)16/h2-14H,1H3,(H,24,26)/b12-7+. The molecule has 0 radical (unpaired) electrons. The summed E-state index contributed by atoms with van der Waals surface area (Å²) in [7, 11) is 0. The lowest BCUT2D eigenvalue weighted by atomic mass is 10.1. The number of rotatable bonds is 5. The summed E-state index contributed by atoms with van der Waals surface area (Å²) in [6, 6.07) is 16.1. The molecule has 0 saturated carbocycles. The lowest BCUT2D eigenvalue weighted by Gasteiger charge is -2.12. The molecule has 3 aromatic rings. The second kappa shape index (κ2) is 8.47. The summed E-state index contributed by atoms with van der Waals surface area (Å²) in [4.78, 5) is 28.5. The second-order valence-corrected chi connectivity index (χ2v) is 6.27. The molecule has 0 spiro atoms. The van der Waals surface area contributed by atoms with Crippen molar-refractivity contribution in [1.29, 1.82) is 0 Å². The number of carbonyl (C=O) groups is 2. The van der Waals surface area contributed by atoms with Gasteiger partial charge in [0.2, 0.25) is 0 Å². The first kappa shape index (κ1) is 18.6. The Kier molecular flexibility index (Phi) is 5.84. The maximum absolute atomic E-state index is 12.1. The molecule has 1 atom stereocenters. The van der Waals surface area contributed by atoms with Crippen LogP contribution >= 0.6 is 11.6 Å². The molecule has 3 rings (SSSR count). The van der Waals surface area contributed by atoms with E-state index in [1.807, 2.05) is 30.3 Å². The summed E-state index contributed by atoms with van der Waals surface area (Å²) in [6.45, 7) is 1.51. The van der Waals surface area contributed by atoms with Crippen molar-refractivity contribution in [3.8, 4) is 0 Å². The van der Waals surface area contributed by atoms with Gasteiger partial charge in [0.15, 0.2) is 6.10 Å². The second-order valence-electron chi connectivity index (χ2n) is 5.83. The van der Waals surface area contributed by atoms with Crippen molar-refractivity contribution in [2.24, 2.45) is 0 Å². The quantitative estimate of drug-likeness (QED) is 0.523. The summed E-state index contributed by atoms with van der Waals surface area (Å²) in [5.41, 5.74) is 2.16. The minimum atomic E-state index is -0.941. The van der Waals surface area contributed by atoms with Gasteiger partial charge < -0.3 is 10.1 Å². The minimum absolute atomic E-state index is 0.425. The van der Waals surface area contributed by atoms with Crippen molar-refractivity contribution >= 4 is 46.1 Å². The van der Waals surface area contributed by atoms with E-state index in [0.29, 0.717) is 10.7 Å². The number of para-hydroxylation sites is 1. The number of halogens is 1. The van der Waals surface area contributed by atoms with Gasteiger partial charge in [-0.3, -0.25) is 9.78 Å². The van der Waals surface area contributed by atoms with Gasteiger partial charge in [0.1, 0.15) is 0 Å². The fourth-order valence-electron chi connectivity index (χ4n) is 2.46. The van der Waals surface area contributed by atoms with E-state index in [1.165, 1.54) is 13.0 Å². The van der Waals surface area contributed by atoms with E-state index in [0.717, 1.165) is 16.5 Å². The zero-order valence-corrected chi connectivity index (χ0v) is 15.3. The van der Waals surface area contributed by atoms with Crippen LogP contribution in [0.3, 0.4) is 0 Å². The lowest BCUT2D eigenvalue weighted by Crippen LogP contribution is -2.29. The van der Waals surface area contributed by atoms with Crippen LogP contribution in [0.1, 0.15) is 12.5 Å². The van der Waals surface area contributed by atoms with E-state index >= 15 is 0 Å². The Labute approximate surface area is 161 Å². The van der Waals surface area contributed by atoms with Crippen LogP contribution < -0.4 is 5.32 Å². The van der Waals surface area contributed by atoms with E-state index < -0.39 is 18.0 Å². The molecule has 2 aromatic carbocycles. The monoisotopic (exact) mass is 380 g/mol. The third-order valence-corrected chi connectivity index (χ3v) is 4.09. The molecule has 1 N–H and O–H groups in total. The molecular weight excluding hydrogens is 364 g/mol. The van der Waals surface area contributed by atoms with Crippen molar-refractivity contribution in [2.45, 2.75) is 13.0 Å². The van der Waals surface area contributed by atoms with Crippen LogP contribution in [0.4, 0.5) is 5.69 Å². The molecule has 0 aliphatic carbocycles. The van der Waals surface area contributed by atoms with E-state index in [2.05, 4.69) is 10.3 Å². The summed E-state index contributed by atoms with van der Waals surface area (Å²) in [5.74, 6) is -1.03. The van der Waals surface area contributed by atoms with Crippen LogP contribution in [-0.4, -0.2) is 23.0 Å². The Morgan fingerprint density at radius 1 is 1.11 bits per heavy atom. The van der Waals surface area contributed by atoms with Gasteiger partial charge >= 0.3 is 5.97 Å². The van der Waals surface area contributed by atoms with E-state index in [4.69, 9.17) is 16.3 Å². The van der Waals surface area contributed by atoms with Gasteiger partial charge in [-0.05, 0) is 43.3 Å². The number of esters is 1. The van der Waals surface area contributed by atoms with Crippen LogP contribution in [0.2, 0.25) is 5.02 Å². The number of anilines is 1. The average Bonchev–Trinajstić information content (AvgIpc) is 2.68. The summed E-state index contributed by atoms with van der Waals surface area (Å²) >= 11 is 5.81. The Bertz CT molecular complexity index is 994. The Morgan fingerprint density at radius 3 is 2.63 bits per heavy atom. The average molecular weight is 381 g/mol. The highest BCUT2D eigenvalue weighted by atomic mass is 35.5. The molecule has 0 aliphatic heterocycles. The van der Waals surface area contributed by atoms with Crippen molar-refractivity contribution < 1.29 is 14.3 Å². The number of carbonyl (C=O) groups excluding carboxylic acids is 2. The molecule has 5 nitrogen and oxygen atoms in total. The van der Waals surface area contributed by atoms with Crippen LogP contribution in [-0.2, 0) is 14.3 Å². The van der Waals surface area contributed by atoms with Gasteiger partial charge in [-0.15, -0.1) is 0 Å². The Balaban J connectivity index is 1.61. The highest BCUT2D eigenvalue weighted by Crippen LogP contribution is 2.17. The summed E-state index contributed by atoms with van der Waals surface area (Å²) in [5, 5.41) is 4.21. The predicted molar refractivity (Wildman–Crippen MR) is 106 cm³/mol. The number of nitrogens with zero attached hydrogens (tertiary/aromatic N) is 1. The molecule has 1 aromatic heterocycles. The molecule has 27 heavy (non-hydrogen) atoms. The number of benzene rings is 2. The first-order chi connectivity index (χ1) is 13.0. The van der Waals surface area contributed by atoms with Crippen LogP contribution in [0, 0.1) is 0 Å². The lowest BCUT2D eigenvalue weighted by molar-refractivity contribution is -0.148. The van der Waals surface area contributed by atoms with Gasteiger partial charge in [0, 0.05) is 33.9 Å². The topological polar surface area (TPSA) is 68.3 Å². The fraction of sp³-hybridized carbons (Fsp3) is 0.0952. The van der Waals surface area contributed by atoms with Crippen molar-refractivity contribution in [3.05, 3.63) is 77.5 Å². The molecule has 0 fully saturated rings. The molecule has 136 valence electrons. The number of fused-ring (bicyclic) bond motifs is 1. The molecule has 6 heteroatoms. The van der Waals surface area contributed by atoms with Gasteiger partial charge in [0.05, 0.1) is 5.52 Å².